The van der Waals surface area contributed by atoms with E-state index in [4.69, 9.17) is 19.4 Å². The van der Waals surface area contributed by atoms with Crippen LogP contribution in [0, 0.1) is 0 Å². The van der Waals surface area contributed by atoms with Crippen molar-refractivity contribution in [1.82, 2.24) is 19.5 Å². The van der Waals surface area contributed by atoms with Gasteiger partial charge in [0, 0.05) is 43.9 Å². The second-order valence-electron chi connectivity index (χ2n) is 13.7. The molecule has 0 saturated heterocycles. The van der Waals surface area contributed by atoms with Gasteiger partial charge in [-0.05, 0) is 76.5 Å². The van der Waals surface area contributed by atoms with Gasteiger partial charge in [-0.25, -0.2) is 15.0 Å². The van der Waals surface area contributed by atoms with Gasteiger partial charge in [0.1, 0.15) is 11.2 Å². The highest BCUT2D eigenvalue weighted by atomic mass is 16.3. The Kier molecular flexibility index (Phi) is 6.79. The molecule has 54 heavy (non-hydrogen) atoms. The molecule has 252 valence electrons. The molecule has 0 saturated carbocycles. The van der Waals surface area contributed by atoms with Gasteiger partial charge in [-0.3, -0.25) is 0 Å². The third-order valence-electron chi connectivity index (χ3n) is 10.4. The molecule has 0 aliphatic rings. The second-order valence-corrected chi connectivity index (χ2v) is 13.7. The monoisotopic (exact) mass is 690 g/mol. The number of hydrogen-bond acceptors (Lipinski definition) is 4. The van der Waals surface area contributed by atoms with Crippen LogP contribution in [0.15, 0.2) is 186 Å². The van der Waals surface area contributed by atoms with E-state index in [1.54, 1.807) is 0 Å². The zero-order chi connectivity index (χ0) is 35.6. The molecule has 0 N–H and O–H groups in total. The maximum Gasteiger partial charge on any atom is 0.164 e. The molecule has 0 atom stereocenters. The average molecular weight is 691 g/mol. The van der Waals surface area contributed by atoms with Crippen LogP contribution in [0.25, 0.3) is 105 Å². The van der Waals surface area contributed by atoms with Crippen LogP contribution in [0.2, 0.25) is 0 Å². The van der Waals surface area contributed by atoms with Gasteiger partial charge in [0.2, 0.25) is 0 Å². The van der Waals surface area contributed by atoms with Crippen LogP contribution in [0.4, 0.5) is 0 Å². The predicted molar refractivity (Wildman–Crippen MR) is 221 cm³/mol. The summed E-state index contributed by atoms with van der Waals surface area (Å²) in [5, 5.41) is 6.97. The Morgan fingerprint density at radius 2 is 0.944 bits per heavy atom. The predicted octanol–water partition coefficient (Wildman–Crippen LogP) is 12.7. The van der Waals surface area contributed by atoms with Gasteiger partial charge in [0.25, 0.3) is 0 Å². The van der Waals surface area contributed by atoms with Crippen LogP contribution in [0.5, 0.6) is 0 Å². The van der Waals surface area contributed by atoms with E-state index in [1.165, 1.54) is 32.7 Å². The molecule has 11 aromatic rings. The summed E-state index contributed by atoms with van der Waals surface area (Å²) in [6.45, 7) is 0. The molecule has 3 aromatic heterocycles. The lowest BCUT2D eigenvalue weighted by atomic mass is 10.00. The Morgan fingerprint density at radius 3 is 1.81 bits per heavy atom. The van der Waals surface area contributed by atoms with Gasteiger partial charge in [0.15, 0.2) is 17.5 Å². The number of benzene rings is 8. The third-order valence-corrected chi connectivity index (χ3v) is 10.4. The maximum absolute atomic E-state index is 6.13. The minimum Gasteiger partial charge on any atom is -0.456 e. The van der Waals surface area contributed by atoms with Gasteiger partial charge < -0.3 is 8.98 Å². The van der Waals surface area contributed by atoms with Crippen molar-refractivity contribution in [3.63, 3.8) is 0 Å². The Balaban J connectivity index is 1.08. The third kappa shape index (κ3) is 4.98. The van der Waals surface area contributed by atoms with Crippen LogP contribution in [-0.2, 0) is 0 Å². The first-order chi connectivity index (χ1) is 26.7. The first-order valence-electron chi connectivity index (χ1n) is 18.1. The fourth-order valence-corrected chi connectivity index (χ4v) is 7.80. The zero-order valence-electron chi connectivity index (χ0n) is 29.0. The van der Waals surface area contributed by atoms with Crippen molar-refractivity contribution in [1.29, 1.82) is 0 Å². The van der Waals surface area contributed by atoms with Gasteiger partial charge >= 0.3 is 0 Å². The number of furan rings is 1. The molecule has 0 bridgehead atoms. The summed E-state index contributed by atoms with van der Waals surface area (Å²) < 4.78 is 8.49. The van der Waals surface area contributed by atoms with Crippen LogP contribution in [-0.4, -0.2) is 19.5 Å². The van der Waals surface area contributed by atoms with E-state index < -0.39 is 0 Å². The standard InChI is InChI=1S/C49H30N4O/c1-2-12-32(13-3-1)47-50-48(52-49(51-47)37-24-26-46-42(29-37)41-18-7-9-20-45(41)54-46)36-15-10-16-38(28-36)53-43-19-8-6-17-39(43)40-25-23-35(30-44(40)53)34-22-21-31-11-4-5-14-33(31)27-34/h1-30H. The highest BCUT2D eigenvalue weighted by Crippen LogP contribution is 2.37. The maximum atomic E-state index is 6.13. The second kappa shape index (κ2) is 12.1. The van der Waals surface area contributed by atoms with E-state index in [0.717, 1.165) is 55.3 Å². The SMILES string of the molecule is c1ccc(-c2nc(-c3cccc(-n4c5ccccc5c5ccc(-c6ccc7ccccc7c6)cc54)c3)nc(-c3ccc4oc5ccccc5c4c3)n2)cc1. The van der Waals surface area contributed by atoms with Crippen molar-refractivity contribution in [2.75, 3.05) is 0 Å². The molecule has 0 fully saturated rings. The molecular weight excluding hydrogens is 661 g/mol. The first kappa shape index (κ1) is 30.3. The summed E-state index contributed by atoms with van der Waals surface area (Å²) >= 11 is 0. The summed E-state index contributed by atoms with van der Waals surface area (Å²) in [5.74, 6) is 1.83. The topological polar surface area (TPSA) is 56.7 Å². The number of nitrogens with zero attached hydrogens (tertiary/aromatic N) is 4. The van der Waals surface area contributed by atoms with Gasteiger partial charge in [-0.1, -0.05) is 127 Å². The Hall–Kier alpha value is -7.37. The van der Waals surface area contributed by atoms with Gasteiger partial charge in [-0.2, -0.15) is 0 Å². The molecule has 0 radical (unpaired) electrons. The van der Waals surface area contributed by atoms with Crippen LogP contribution in [0.3, 0.4) is 0 Å². The van der Waals surface area contributed by atoms with Crippen molar-refractivity contribution in [2.24, 2.45) is 0 Å². The number of hydrogen-bond donors (Lipinski definition) is 0. The molecular formula is C49H30N4O. The summed E-state index contributed by atoms with van der Waals surface area (Å²) in [4.78, 5) is 15.2. The lowest BCUT2D eigenvalue weighted by molar-refractivity contribution is 0.669. The molecule has 0 spiro atoms. The lowest BCUT2D eigenvalue weighted by Crippen LogP contribution is -2.01. The molecule has 5 nitrogen and oxygen atoms in total. The van der Waals surface area contributed by atoms with Gasteiger partial charge in [0.05, 0.1) is 11.0 Å². The van der Waals surface area contributed by atoms with E-state index in [-0.39, 0.29) is 0 Å². The summed E-state index contributed by atoms with van der Waals surface area (Å²) in [6.07, 6.45) is 0. The van der Waals surface area contributed by atoms with Crippen molar-refractivity contribution in [2.45, 2.75) is 0 Å². The first-order valence-corrected chi connectivity index (χ1v) is 18.1. The summed E-state index contributed by atoms with van der Waals surface area (Å²) in [6, 6.07) is 63.5. The van der Waals surface area contributed by atoms with E-state index in [9.17, 15) is 0 Å². The Labute approximate surface area is 310 Å². The fraction of sp³-hybridized carbons (Fsp3) is 0. The smallest absolute Gasteiger partial charge is 0.164 e. The van der Waals surface area contributed by atoms with E-state index in [1.807, 2.05) is 60.7 Å². The Bertz CT molecular complexity index is 3230. The highest BCUT2D eigenvalue weighted by molar-refractivity contribution is 6.10. The molecule has 0 aliphatic carbocycles. The number of rotatable bonds is 5. The summed E-state index contributed by atoms with van der Waals surface area (Å²) in [5.41, 5.74) is 10.1. The molecule has 0 unspecified atom stereocenters. The highest BCUT2D eigenvalue weighted by Gasteiger charge is 2.17. The van der Waals surface area contributed by atoms with E-state index in [2.05, 4.69) is 126 Å². The van der Waals surface area contributed by atoms with E-state index in [0.29, 0.717) is 17.5 Å². The van der Waals surface area contributed by atoms with Crippen molar-refractivity contribution >= 4 is 54.5 Å². The van der Waals surface area contributed by atoms with Gasteiger partial charge in [-0.15, -0.1) is 0 Å². The molecule has 0 aliphatic heterocycles. The number of para-hydroxylation sites is 2. The van der Waals surface area contributed by atoms with Crippen molar-refractivity contribution in [3.8, 4) is 51.0 Å². The molecule has 8 aromatic carbocycles. The number of aromatic nitrogens is 4. The summed E-state index contributed by atoms with van der Waals surface area (Å²) in [7, 11) is 0. The molecule has 11 rings (SSSR count). The van der Waals surface area contributed by atoms with Crippen LogP contribution < -0.4 is 0 Å². The minimum atomic E-state index is 0.605. The fourth-order valence-electron chi connectivity index (χ4n) is 7.80. The van der Waals surface area contributed by atoms with Crippen molar-refractivity contribution < 1.29 is 4.42 Å². The van der Waals surface area contributed by atoms with Crippen LogP contribution in [0.1, 0.15) is 0 Å². The molecule has 3 heterocycles. The average Bonchev–Trinajstić information content (AvgIpc) is 3.79. The van der Waals surface area contributed by atoms with Crippen LogP contribution >= 0.6 is 0 Å². The number of fused-ring (bicyclic) bond motifs is 7. The quantitative estimate of drug-likeness (QED) is 0.180. The molecule has 5 heteroatoms. The van der Waals surface area contributed by atoms with Crippen molar-refractivity contribution in [3.05, 3.63) is 182 Å². The lowest BCUT2D eigenvalue weighted by Gasteiger charge is -2.12. The molecule has 0 amide bonds. The normalized spacial score (nSPS) is 11.7. The minimum absolute atomic E-state index is 0.605. The Morgan fingerprint density at radius 1 is 0.333 bits per heavy atom. The van der Waals surface area contributed by atoms with E-state index >= 15 is 0 Å². The largest absolute Gasteiger partial charge is 0.456 e. The zero-order valence-corrected chi connectivity index (χ0v) is 29.0.